The van der Waals surface area contributed by atoms with Crippen LogP contribution in [-0.2, 0) is 4.84 Å². The molecular weight excluding hydrogens is 299 g/mol. The van der Waals surface area contributed by atoms with E-state index in [9.17, 15) is 9.18 Å². The van der Waals surface area contributed by atoms with Crippen molar-refractivity contribution >= 4 is 17.4 Å². The number of pyridine rings is 1. The van der Waals surface area contributed by atoms with Crippen LogP contribution in [0.25, 0.3) is 0 Å². The number of nitriles is 1. The molecule has 118 valence electrons. The lowest BCUT2D eigenvalue weighted by Crippen LogP contribution is -2.25. The van der Waals surface area contributed by atoms with Gasteiger partial charge in [0, 0.05) is 0 Å². The molecule has 0 aliphatic carbocycles. The number of aryl methyl sites for hydroxylation is 1. The minimum Gasteiger partial charge on any atom is -0.337 e. The average molecular weight is 314 g/mol. The number of amides is 1. The smallest absolute Gasteiger partial charge is 0.278 e. The van der Waals surface area contributed by atoms with Gasteiger partial charge >= 0.3 is 0 Å². The van der Waals surface area contributed by atoms with Crippen molar-refractivity contribution < 1.29 is 14.0 Å². The Kier molecular flexibility index (Phi) is 5.23. The number of anilines is 2. The van der Waals surface area contributed by atoms with Crippen molar-refractivity contribution in [2.75, 3.05) is 11.9 Å². The molecule has 0 saturated carbocycles. The first-order valence-electron chi connectivity index (χ1n) is 6.91. The Balaban J connectivity index is 2.38. The van der Waals surface area contributed by atoms with E-state index in [1.807, 2.05) is 6.07 Å². The predicted octanol–water partition coefficient (Wildman–Crippen LogP) is 2.83. The lowest BCUT2D eigenvalue weighted by atomic mass is 10.2. The maximum Gasteiger partial charge on any atom is 0.278 e. The van der Waals surface area contributed by atoms with E-state index in [1.54, 1.807) is 19.9 Å². The summed E-state index contributed by atoms with van der Waals surface area (Å²) in [4.78, 5) is 20.9. The van der Waals surface area contributed by atoms with E-state index < -0.39 is 11.7 Å². The Hall–Kier alpha value is -2.98. The summed E-state index contributed by atoms with van der Waals surface area (Å²) in [6, 6.07) is 9.32. The molecule has 7 heteroatoms. The lowest BCUT2D eigenvalue weighted by Gasteiger charge is -2.12. The van der Waals surface area contributed by atoms with Gasteiger partial charge in [-0.1, -0.05) is 6.07 Å². The highest BCUT2D eigenvalue weighted by Gasteiger charge is 2.15. The molecule has 0 atom stereocenters. The van der Waals surface area contributed by atoms with Crippen LogP contribution in [0.1, 0.15) is 28.5 Å². The average Bonchev–Trinajstić information content (AvgIpc) is 2.55. The molecule has 0 aliphatic heterocycles. The van der Waals surface area contributed by atoms with Gasteiger partial charge in [-0.05, 0) is 43.7 Å². The Bertz CT molecular complexity index is 771. The summed E-state index contributed by atoms with van der Waals surface area (Å²) in [7, 11) is 0. The van der Waals surface area contributed by atoms with Gasteiger partial charge in [0.1, 0.15) is 23.4 Å². The molecule has 2 aromatic rings. The molecule has 0 spiro atoms. The monoisotopic (exact) mass is 314 g/mol. The number of nitrogens with zero attached hydrogens (tertiary/aromatic N) is 2. The lowest BCUT2D eigenvalue weighted by molar-refractivity contribution is 0.0365. The van der Waals surface area contributed by atoms with E-state index in [4.69, 9.17) is 10.1 Å². The van der Waals surface area contributed by atoms with Crippen LogP contribution in [0.2, 0.25) is 0 Å². The van der Waals surface area contributed by atoms with Crippen molar-refractivity contribution in [2.45, 2.75) is 13.8 Å². The Morgan fingerprint density at radius 2 is 2.17 bits per heavy atom. The first kappa shape index (κ1) is 16.4. The van der Waals surface area contributed by atoms with E-state index in [1.165, 1.54) is 24.3 Å². The molecule has 0 unspecified atom stereocenters. The van der Waals surface area contributed by atoms with Crippen LogP contribution in [-0.4, -0.2) is 17.5 Å². The van der Waals surface area contributed by atoms with Gasteiger partial charge in [-0.3, -0.25) is 9.63 Å². The first-order chi connectivity index (χ1) is 11.0. The number of nitrogens with one attached hydrogen (secondary N) is 2. The van der Waals surface area contributed by atoms with Gasteiger partial charge in [-0.25, -0.2) is 14.9 Å². The van der Waals surface area contributed by atoms with Gasteiger partial charge in [-0.2, -0.15) is 5.26 Å². The molecule has 0 aliphatic rings. The largest absolute Gasteiger partial charge is 0.337 e. The molecule has 1 aromatic carbocycles. The summed E-state index contributed by atoms with van der Waals surface area (Å²) in [5.74, 6) is -0.951. The van der Waals surface area contributed by atoms with Gasteiger partial charge < -0.3 is 5.32 Å². The Morgan fingerprint density at radius 1 is 1.39 bits per heavy atom. The fourth-order valence-electron chi connectivity index (χ4n) is 1.84. The van der Waals surface area contributed by atoms with Crippen LogP contribution in [0.5, 0.6) is 0 Å². The van der Waals surface area contributed by atoms with Crippen molar-refractivity contribution in [3.05, 3.63) is 53.0 Å². The second-order valence-electron chi connectivity index (χ2n) is 4.68. The number of hydroxylamine groups is 1. The molecule has 0 bridgehead atoms. The molecule has 0 radical (unpaired) electrons. The Morgan fingerprint density at radius 3 is 2.83 bits per heavy atom. The van der Waals surface area contributed by atoms with E-state index in [0.717, 1.165) is 5.56 Å². The summed E-state index contributed by atoms with van der Waals surface area (Å²) in [5.41, 5.74) is 3.40. The predicted molar refractivity (Wildman–Crippen MR) is 82.5 cm³/mol. The topological polar surface area (TPSA) is 87.0 Å². The number of hydrogen-bond donors (Lipinski definition) is 2. The highest BCUT2D eigenvalue weighted by molar-refractivity contribution is 5.98. The van der Waals surface area contributed by atoms with E-state index in [2.05, 4.69) is 15.8 Å². The van der Waals surface area contributed by atoms with Gasteiger partial charge in [0.15, 0.2) is 0 Å². The van der Waals surface area contributed by atoms with Gasteiger partial charge in [0.2, 0.25) is 0 Å². The normalized spacial score (nSPS) is 10.0. The van der Waals surface area contributed by atoms with Crippen LogP contribution < -0.4 is 10.8 Å². The molecule has 6 nitrogen and oxygen atoms in total. The second kappa shape index (κ2) is 7.33. The standard InChI is InChI=1S/C16H15FN4O2/c1-3-23-21-16(22)12-6-5-11(9-18)19-15(12)20-14-7-4-10(2)8-13(14)17/h4-8H,3H2,1-2H3,(H,19,20)(H,21,22). The zero-order chi connectivity index (χ0) is 16.8. The summed E-state index contributed by atoms with van der Waals surface area (Å²) < 4.78 is 14.0. The molecule has 1 aromatic heterocycles. The van der Waals surface area contributed by atoms with Gasteiger partial charge in [0.25, 0.3) is 5.91 Å². The zero-order valence-electron chi connectivity index (χ0n) is 12.7. The summed E-state index contributed by atoms with van der Waals surface area (Å²) >= 11 is 0. The first-order valence-corrected chi connectivity index (χ1v) is 6.91. The van der Waals surface area contributed by atoms with Crippen LogP contribution in [0, 0.1) is 24.1 Å². The number of hydrogen-bond acceptors (Lipinski definition) is 5. The van der Waals surface area contributed by atoms with Crippen LogP contribution in [0.3, 0.4) is 0 Å². The molecule has 23 heavy (non-hydrogen) atoms. The van der Waals surface area contributed by atoms with E-state index in [0.29, 0.717) is 6.61 Å². The summed E-state index contributed by atoms with van der Waals surface area (Å²) in [6.45, 7) is 3.78. The van der Waals surface area contributed by atoms with Crippen molar-refractivity contribution in [3.63, 3.8) is 0 Å². The van der Waals surface area contributed by atoms with Crippen molar-refractivity contribution in [1.29, 1.82) is 5.26 Å². The number of halogens is 1. The second-order valence-corrected chi connectivity index (χ2v) is 4.68. The molecule has 0 saturated heterocycles. The minimum atomic E-state index is -0.543. The summed E-state index contributed by atoms with van der Waals surface area (Å²) in [5, 5.41) is 11.7. The zero-order valence-corrected chi connectivity index (χ0v) is 12.7. The van der Waals surface area contributed by atoms with Crippen molar-refractivity contribution in [3.8, 4) is 6.07 Å². The SMILES string of the molecule is CCONC(=O)c1ccc(C#N)nc1Nc1ccc(C)cc1F. The fraction of sp³-hybridized carbons (Fsp3) is 0.188. The van der Waals surface area contributed by atoms with Gasteiger partial charge in [-0.15, -0.1) is 0 Å². The maximum atomic E-state index is 14.0. The van der Waals surface area contributed by atoms with Gasteiger partial charge in [0.05, 0.1) is 17.9 Å². The third-order valence-corrected chi connectivity index (χ3v) is 2.94. The van der Waals surface area contributed by atoms with Crippen molar-refractivity contribution in [1.82, 2.24) is 10.5 Å². The minimum absolute atomic E-state index is 0.0732. The summed E-state index contributed by atoms with van der Waals surface area (Å²) in [6.07, 6.45) is 0. The Labute approximate surface area is 132 Å². The van der Waals surface area contributed by atoms with E-state index in [-0.39, 0.29) is 22.8 Å². The molecule has 2 rings (SSSR count). The quantitative estimate of drug-likeness (QED) is 0.829. The molecular formula is C16H15FN4O2. The van der Waals surface area contributed by atoms with Crippen LogP contribution in [0.4, 0.5) is 15.9 Å². The third kappa shape index (κ3) is 4.02. The molecule has 1 heterocycles. The number of rotatable bonds is 5. The van der Waals surface area contributed by atoms with Crippen LogP contribution >= 0.6 is 0 Å². The molecule has 1 amide bonds. The molecule has 2 N–H and O–H groups in total. The van der Waals surface area contributed by atoms with E-state index >= 15 is 0 Å². The van der Waals surface area contributed by atoms with Crippen LogP contribution in [0.15, 0.2) is 30.3 Å². The van der Waals surface area contributed by atoms with Crippen molar-refractivity contribution in [2.24, 2.45) is 0 Å². The number of carbonyl (C=O) groups is 1. The number of benzene rings is 1. The highest BCUT2D eigenvalue weighted by Crippen LogP contribution is 2.22. The number of carbonyl (C=O) groups excluding carboxylic acids is 1. The highest BCUT2D eigenvalue weighted by atomic mass is 19.1. The third-order valence-electron chi connectivity index (χ3n) is 2.94. The fourth-order valence-corrected chi connectivity index (χ4v) is 1.84. The number of aromatic nitrogens is 1. The maximum absolute atomic E-state index is 14.0. The molecule has 0 fully saturated rings.